The zero-order valence-electron chi connectivity index (χ0n) is 10.8. The van der Waals surface area contributed by atoms with Crippen molar-refractivity contribution in [1.82, 2.24) is 5.32 Å². The quantitative estimate of drug-likeness (QED) is 0.633. The number of nitrogens with two attached hydrogens (primary N) is 1. The molecule has 7 heteroatoms. The molecule has 0 unspecified atom stereocenters. The molecule has 0 saturated heterocycles. The van der Waals surface area contributed by atoms with E-state index in [0.717, 1.165) is 6.08 Å². The van der Waals surface area contributed by atoms with E-state index in [2.05, 4.69) is 5.32 Å². The van der Waals surface area contributed by atoms with Crippen molar-refractivity contribution in [3.63, 3.8) is 0 Å². The molecular weight excluding hydrogens is 264 g/mol. The molecule has 0 aliphatic rings. The van der Waals surface area contributed by atoms with Gasteiger partial charge in [0, 0.05) is 17.2 Å². The van der Waals surface area contributed by atoms with E-state index in [1.807, 2.05) is 0 Å². The van der Waals surface area contributed by atoms with Crippen molar-refractivity contribution in [2.45, 2.75) is 0 Å². The van der Waals surface area contributed by atoms with Gasteiger partial charge in [-0.25, -0.2) is 4.79 Å². The highest BCUT2D eigenvalue weighted by Crippen LogP contribution is 2.21. The minimum Gasteiger partial charge on any atom is -0.496 e. The first-order valence-electron chi connectivity index (χ1n) is 5.59. The molecule has 0 saturated carbocycles. The lowest BCUT2D eigenvalue weighted by Gasteiger charge is -2.08. The van der Waals surface area contributed by atoms with Crippen molar-refractivity contribution in [1.29, 1.82) is 0 Å². The van der Waals surface area contributed by atoms with Crippen LogP contribution in [-0.4, -0.2) is 36.5 Å². The number of carbonyl (C=O) groups excluding carboxylic acids is 2. The lowest BCUT2D eigenvalue weighted by Crippen LogP contribution is -2.33. The Hall–Kier alpha value is -2.83. The smallest absolute Gasteiger partial charge is 0.328 e. The van der Waals surface area contributed by atoms with Crippen LogP contribution in [0.4, 0.5) is 0 Å². The zero-order chi connectivity index (χ0) is 15.1. The number of rotatable bonds is 6. The van der Waals surface area contributed by atoms with E-state index in [4.69, 9.17) is 15.6 Å². The summed E-state index contributed by atoms with van der Waals surface area (Å²) >= 11 is 0. The molecule has 2 amide bonds. The van der Waals surface area contributed by atoms with Gasteiger partial charge in [0.2, 0.25) is 5.91 Å². The van der Waals surface area contributed by atoms with Crippen molar-refractivity contribution >= 4 is 23.9 Å². The van der Waals surface area contributed by atoms with E-state index in [-0.39, 0.29) is 12.1 Å². The Morgan fingerprint density at radius 3 is 2.65 bits per heavy atom. The van der Waals surface area contributed by atoms with Crippen molar-refractivity contribution in [2.24, 2.45) is 5.73 Å². The summed E-state index contributed by atoms with van der Waals surface area (Å²) in [6.45, 7) is -0.273. The van der Waals surface area contributed by atoms with Crippen LogP contribution in [0.1, 0.15) is 15.9 Å². The van der Waals surface area contributed by atoms with E-state index in [9.17, 15) is 14.4 Å². The van der Waals surface area contributed by atoms with Gasteiger partial charge in [-0.05, 0) is 24.3 Å². The van der Waals surface area contributed by atoms with Crippen LogP contribution < -0.4 is 15.8 Å². The topological polar surface area (TPSA) is 119 Å². The van der Waals surface area contributed by atoms with Crippen LogP contribution in [0.25, 0.3) is 6.08 Å². The van der Waals surface area contributed by atoms with Gasteiger partial charge in [-0.1, -0.05) is 0 Å². The van der Waals surface area contributed by atoms with E-state index in [1.165, 1.54) is 31.4 Å². The third kappa shape index (κ3) is 4.45. The summed E-state index contributed by atoms with van der Waals surface area (Å²) in [4.78, 5) is 32.8. The van der Waals surface area contributed by atoms with Gasteiger partial charge in [-0.3, -0.25) is 9.59 Å². The normalized spacial score (nSPS) is 10.2. The maximum absolute atomic E-state index is 11.7. The lowest BCUT2D eigenvalue weighted by molar-refractivity contribution is -0.131. The van der Waals surface area contributed by atoms with Gasteiger partial charge in [-0.15, -0.1) is 0 Å². The summed E-state index contributed by atoms with van der Waals surface area (Å²) in [6, 6.07) is 4.47. The first-order valence-corrected chi connectivity index (χ1v) is 5.59. The first-order chi connectivity index (χ1) is 9.43. The fourth-order valence-corrected chi connectivity index (χ4v) is 1.44. The molecule has 0 atom stereocenters. The standard InChI is InChI=1S/C13H14N2O5/c1-20-10-4-2-9(13(19)15-7-11(14)16)6-8(10)3-5-12(17)18/h2-6H,7H2,1H3,(H2,14,16)(H,15,19)(H,17,18). The Balaban J connectivity index is 2.99. The maximum atomic E-state index is 11.7. The van der Waals surface area contributed by atoms with E-state index >= 15 is 0 Å². The Morgan fingerprint density at radius 2 is 2.10 bits per heavy atom. The minimum atomic E-state index is -1.12. The van der Waals surface area contributed by atoms with Gasteiger partial charge in [-0.2, -0.15) is 0 Å². The van der Waals surface area contributed by atoms with Crippen LogP contribution >= 0.6 is 0 Å². The Bertz CT molecular complexity index is 566. The van der Waals surface area contributed by atoms with Gasteiger partial charge in [0.25, 0.3) is 5.91 Å². The van der Waals surface area contributed by atoms with Gasteiger partial charge in [0.05, 0.1) is 13.7 Å². The number of carboxylic acid groups (broad SMARTS) is 1. The van der Waals surface area contributed by atoms with Crippen molar-refractivity contribution in [3.8, 4) is 5.75 Å². The fraction of sp³-hybridized carbons (Fsp3) is 0.154. The Morgan fingerprint density at radius 1 is 1.40 bits per heavy atom. The number of carbonyl (C=O) groups is 3. The second kappa shape index (κ2) is 6.93. The number of amides is 2. The van der Waals surface area contributed by atoms with E-state index < -0.39 is 17.8 Å². The van der Waals surface area contributed by atoms with Crippen LogP contribution in [-0.2, 0) is 9.59 Å². The molecule has 0 fully saturated rings. The highest BCUT2D eigenvalue weighted by Gasteiger charge is 2.09. The average Bonchev–Trinajstić information content (AvgIpc) is 2.41. The van der Waals surface area contributed by atoms with Gasteiger partial charge in [0.15, 0.2) is 0 Å². The van der Waals surface area contributed by atoms with Gasteiger partial charge in [0.1, 0.15) is 5.75 Å². The average molecular weight is 278 g/mol. The molecule has 0 radical (unpaired) electrons. The predicted octanol–water partition coefficient (Wildman–Crippen LogP) is 0.00810. The molecule has 20 heavy (non-hydrogen) atoms. The number of hydrogen-bond donors (Lipinski definition) is 3. The largest absolute Gasteiger partial charge is 0.496 e. The van der Waals surface area contributed by atoms with E-state index in [0.29, 0.717) is 11.3 Å². The number of hydrogen-bond acceptors (Lipinski definition) is 4. The number of carboxylic acids is 1. The number of methoxy groups -OCH3 is 1. The van der Waals surface area contributed by atoms with E-state index in [1.54, 1.807) is 0 Å². The third-order valence-electron chi connectivity index (χ3n) is 2.32. The fourth-order valence-electron chi connectivity index (χ4n) is 1.44. The molecule has 106 valence electrons. The number of ether oxygens (including phenoxy) is 1. The number of aliphatic carboxylic acids is 1. The van der Waals surface area contributed by atoms with Gasteiger partial charge >= 0.3 is 5.97 Å². The molecule has 7 nitrogen and oxygen atoms in total. The van der Waals surface area contributed by atoms with Crippen LogP contribution in [0, 0.1) is 0 Å². The zero-order valence-corrected chi connectivity index (χ0v) is 10.8. The lowest BCUT2D eigenvalue weighted by atomic mass is 10.1. The summed E-state index contributed by atoms with van der Waals surface area (Å²) in [5.74, 6) is -1.83. The second-order valence-electron chi connectivity index (χ2n) is 3.78. The molecule has 1 aromatic rings. The van der Waals surface area contributed by atoms with Crippen LogP contribution in [0.15, 0.2) is 24.3 Å². The van der Waals surface area contributed by atoms with Crippen LogP contribution in [0.2, 0.25) is 0 Å². The monoisotopic (exact) mass is 278 g/mol. The second-order valence-corrected chi connectivity index (χ2v) is 3.78. The highest BCUT2D eigenvalue weighted by molar-refractivity contribution is 5.97. The summed E-state index contributed by atoms with van der Waals surface area (Å²) in [5.41, 5.74) is 5.62. The molecule has 1 aromatic carbocycles. The summed E-state index contributed by atoms with van der Waals surface area (Å²) in [6.07, 6.45) is 2.25. The molecule has 0 aliphatic carbocycles. The number of benzene rings is 1. The molecule has 4 N–H and O–H groups in total. The number of nitrogens with one attached hydrogen (secondary N) is 1. The van der Waals surface area contributed by atoms with Crippen molar-refractivity contribution in [2.75, 3.05) is 13.7 Å². The van der Waals surface area contributed by atoms with Crippen molar-refractivity contribution in [3.05, 3.63) is 35.4 Å². The van der Waals surface area contributed by atoms with Crippen LogP contribution in [0.3, 0.4) is 0 Å². The summed E-state index contributed by atoms with van der Waals surface area (Å²) < 4.78 is 5.06. The summed E-state index contributed by atoms with van der Waals surface area (Å²) in [5, 5.41) is 10.9. The predicted molar refractivity (Wildman–Crippen MR) is 71.2 cm³/mol. The molecule has 0 bridgehead atoms. The highest BCUT2D eigenvalue weighted by atomic mass is 16.5. The van der Waals surface area contributed by atoms with Gasteiger partial charge < -0.3 is 20.9 Å². The molecule has 1 rings (SSSR count). The Kier molecular flexibility index (Phi) is 5.28. The van der Waals surface area contributed by atoms with Crippen LogP contribution in [0.5, 0.6) is 5.75 Å². The first kappa shape index (κ1) is 15.2. The minimum absolute atomic E-state index is 0.261. The molecular formula is C13H14N2O5. The SMILES string of the molecule is COc1ccc(C(=O)NCC(N)=O)cc1C=CC(=O)O. The molecule has 0 aromatic heterocycles. The number of primary amides is 1. The third-order valence-corrected chi connectivity index (χ3v) is 2.32. The molecule has 0 aliphatic heterocycles. The molecule has 0 heterocycles. The Labute approximate surface area is 115 Å². The summed E-state index contributed by atoms with van der Waals surface area (Å²) in [7, 11) is 1.43. The maximum Gasteiger partial charge on any atom is 0.328 e. The molecule has 0 spiro atoms. The van der Waals surface area contributed by atoms with Crippen molar-refractivity contribution < 1.29 is 24.2 Å².